The van der Waals surface area contributed by atoms with Crippen molar-refractivity contribution in [1.82, 2.24) is 4.90 Å². The summed E-state index contributed by atoms with van der Waals surface area (Å²) in [5.41, 5.74) is -0.0319. The number of amides is 1. The molecule has 0 aromatic heterocycles. The first-order valence-corrected chi connectivity index (χ1v) is 7.24. The van der Waals surface area contributed by atoms with Gasteiger partial charge in [-0.15, -0.1) is 0 Å². The number of halogens is 2. The zero-order valence-corrected chi connectivity index (χ0v) is 12.7. The van der Waals surface area contributed by atoms with Crippen molar-refractivity contribution in [3.8, 4) is 0 Å². The van der Waals surface area contributed by atoms with Crippen molar-refractivity contribution < 1.29 is 18.7 Å². The molecule has 0 radical (unpaired) electrons. The van der Waals surface area contributed by atoms with Crippen molar-refractivity contribution in [2.45, 2.75) is 25.8 Å². The molecule has 1 aromatic rings. The Morgan fingerprint density at radius 1 is 1.45 bits per heavy atom. The number of ether oxygens (including phenoxy) is 1. The van der Waals surface area contributed by atoms with Crippen LogP contribution in [-0.4, -0.2) is 36.0 Å². The molecular formula is C14H15BrFNO3. The minimum atomic E-state index is -0.590. The fraction of sp³-hybridized carbons (Fsp3) is 0.429. The summed E-state index contributed by atoms with van der Waals surface area (Å²) in [4.78, 5) is 25.3. The van der Waals surface area contributed by atoms with Crippen molar-refractivity contribution in [2.75, 3.05) is 13.2 Å². The average Bonchev–Trinajstić information content (AvgIpc) is 3.23. The van der Waals surface area contributed by atoms with Gasteiger partial charge in [0.2, 0.25) is 0 Å². The Labute approximate surface area is 125 Å². The lowest BCUT2D eigenvalue weighted by atomic mass is 10.2. The first kappa shape index (κ1) is 15.0. The quantitative estimate of drug-likeness (QED) is 0.772. The summed E-state index contributed by atoms with van der Waals surface area (Å²) in [5, 5.41) is 0. The second-order valence-corrected chi connectivity index (χ2v) is 5.51. The van der Waals surface area contributed by atoms with Crippen LogP contribution in [0.15, 0.2) is 22.7 Å². The van der Waals surface area contributed by atoms with E-state index in [0.29, 0.717) is 4.47 Å². The first-order valence-electron chi connectivity index (χ1n) is 6.44. The molecule has 1 aromatic carbocycles. The first-order chi connectivity index (χ1) is 9.52. The predicted molar refractivity (Wildman–Crippen MR) is 74.8 cm³/mol. The van der Waals surface area contributed by atoms with Gasteiger partial charge in [0.25, 0.3) is 5.91 Å². The van der Waals surface area contributed by atoms with E-state index >= 15 is 0 Å². The van der Waals surface area contributed by atoms with Gasteiger partial charge >= 0.3 is 5.97 Å². The van der Waals surface area contributed by atoms with Crippen LogP contribution < -0.4 is 0 Å². The number of carbonyl (C=O) groups excluding carboxylic acids is 2. The standard InChI is InChI=1S/C14H15BrFNO3/c1-2-20-13(18)8-17(10-4-5-10)14(19)11-7-9(15)3-6-12(11)16/h3,6-7,10H,2,4-5,8H2,1H3. The zero-order chi connectivity index (χ0) is 14.7. The van der Waals surface area contributed by atoms with Gasteiger partial charge in [0.1, 0.15) is 12.4 Å². The molecule has 0 saturated heterocycles. The van der Waals surface area contributed by atoms with Gasteiger partial charge in [-0.25, -0.2) is 4.39 Å². The summed E-state index contributed by atoms with van der Waals surface area (Å²) < 4.78 is 19.2. The highest BCUT2D eigenvalue weighted by Gasteiger charge is 2.35. The van der Waals surface area contributed by atoms with E-state index in [-0.39, 0.29) is 24.8 Å². The number of hydrogen-bond acceptors (Lipinski definition) is 3. The van der Waals surface area contributed by atoms with Crippen molar-refractivity contribution in [2.24, 2.45) is 0 Å². The van der Waals surface area contributed by atoms with Crippen LogP contribution in [0.1, 0.15) is 30.1 Å². The van der Waals surface area contributed by atoms with E-state index in [1.165, 1.54) is 23.1 Å². The highest BCUT2D eigenvalue weighted by atomic mass is 79.9. The van der Waals surface area contributed by atoms with Crippen molar-refractivity contribution in [1.29, 1.82) is 0 Å². The molecule has 2 rings (SSSR count). The summed E-state index contributed by atoms with van der Waals surface area (Å²) in [6.45, 7) is 1.83. The van der Waals surface area contributed by atoms with Crippen LogP contribution in [0.2, 0.25) is 0 Å². The third-order valence-electron chi connectivity index (χ3n) is 3.01. The Balaban J connectivity index is 2.18. The highest BCUT2D eigenvalue weighted by molar-refractivity contribution is 9.10. The van der Waals surface area contributed by atoms with E-state index in [1.807, 2.05) is 0 Å². The van der Waals surface area contributed by atoms with Crippen molar-refractivity contribution >= 4 is 27.8 Å². The summed E-state index contributed by atoms with van der Waals surface area (Å²) >= 11 is 3.21. The van der Waals surface area contributed by atoms with Crippen LogP contribution in [0.3, 0.4) is 0 Å². The summed E-state index contributed by atoms with van der Waals surface area (Å²) in [7, 11) is 0. The maximum Gasteiger partial charge on any atom is 0.325 e. The average molecular weight is 344 g/mol. The third kappa shape index (κ3) is 3.56. The molecule has 4 nitrogen and oxygen atoms in total. The van der Waals surface area contributed by atoms with E-state index in [1.54, 1.807) is 6.92 Å². The molecule has 1 fully saturated rings. The van der Waals surface area contributed by atoms with Crippen LogP contribution in [0.25, 0.3) is 0 Å². The number of hydrogen-bond donors (Lipinski definition) is 0. The Hall–Kier alpha value is -1.43. The van der Waals surface area contributed by atoms with Crippen LogP contribution in [0.4, 0.5) is 4.39 Å². The number of carbonyl (C=O) groups is 2. The van der Waals surface area contributed by atoms with Crippen LogP contribution in [0.5, 0.6) is 0 Å². The molecular weight excluding hydrogens is 329 g/mol. The smallest absolute Gasteiger partial charge is 0.325 e. The molecule has 0 unspecified atom stereocenters. The largest absolute Gasteiger partial charge is 0.465 e. The van der Waals surface area contributed by atoms with Crippen LogP contribution in [-0.2, 0) is 9.53 Å². The maximum absolute atomic E-state index is 13.8. The van der Waals surface area contributed by atoms with E-state index in [9.17, 15) is 14.0 Å². The topological polar surface area (TPSA) is 46.6 Å². The van der Waals surface area contributed by atoms with Gasteiger partial charge in [0.15, 0.2) is 0 Å². The highest BCUT2D eigenvalue weighted by Crippen LogP contribution is 2.29. The van der Waals surface area contributed by atoms with Gasteiger partial charge < -0.3 is 9.64 Å². The number of benzene rings is 1. The van der Waals surface area contributed by atoms with E-state index < -0.39 is 17.7 Å². The van der Waals surface area contributed by atoms with Gasteiger partial charge in [-0.2, -0.15) is 0 Å². The monoisotopic (exact) mass is 343 g/mol. The molecule has 1 aliphatic rings. The molecule has 0 spiro atoms. The lowest BCUT2D eigenvalue weighted by Crippen LogP contribution is -2.38. The maximum atomic E-state index is 13.8. The second-order valence-electron chi connectivity index (χ2n) is 4.59. The Kier molecular flexibility index (Phi) is 4.75. The van der Waals surface area contributed by atoms with Gasteiger partial charge in [-0.3, -0.25) is 9.59 Å². The van der Waals surface area contributed by atoms with Crippen molar-refractivity contribution in [3.63, 3.8) is 0 Å². The lowest BCUT2D eigenvalue weighted by molar-refractivity contribution is -0.144. The Morgan fingerprint density at radius 2 is 2.15 bits per heavy atom. The molecule has 0 aliphatic heterocycles. The minimum Gasteiger partial charge on any atom is -0.465 e. The molecule has 6 heteroatoms. The van der Waals surface area contributed by atoms with Gasteiger partial charge in [0, 0.05) is 10.5 Å². The summed E-state index contributed by atoms with van der Waals surface area (Å²) in [6, 6.07) is 4.19. The molecule has 0 N–H and O–H groups in total. The molecule has 108 valence electrons. The third-order valence-corrected chi connectivity index (χ3v) is 3.51. The predicted octanol–water partition coefficient (Wildman–Crippen LogP) is 2.76. The van der Waals surface area contributed by atoms with Gasteiger partial charge in [-0.05, 0) is 38.0 Å². The van der Waals surface area contributed by atoms with Crippen molar-refractivity contribution in [3.05, 3.63) is 34.1 Å². The number of nitrogens with zero attached hydrogens (tertiary/aromatic N) is 1. The van der Waals surface area contributed by atoms with E-state index in [4.69, 9.17) is 4.74 Å². The molecule has 1 aliphatic carbocycles. The second kappa shape index (κ2) is 6.35. The number of esters is 1. The van der Waals surface area contributed by atoms with Gasteiger partial charge in [-0.1, -0.05) is 15.9 Å². The van der Waals surface area contributed by atoms with Gasteiger partial charge in [0.05, 0.1) is 12.2 Å². The normalized spacial score (nSPS) is 13.9. The summed E-state index contributed by atoms with van der Waals surface area (Å²) in [5.74, 6) is -1.53. The molecule has 0 bridgehead atoms. The fourth-order valence-corrected chi connectivity index (χ4v) is 2.28. The molecule has 1 saturated carbocycles. The van der Waals surface area contributed by atoms with Crippen LogP contribution >= 0.6 is 15.9 Å². The molecule has 0 atom stereocenters. The Bertz CT molecular complexity index is 531. The number of rotatable bonds is 5. The summed E-state index contributed by atoms with van der Waals surface area (Å²) in [6.07, 6.45) is 1.67. The van der Waals surface area contributed by atoms with E-state index in [2.05, 4.69) is 15.9 Å². The minimum absolute atomic E-state index is 0.00490. The zero-order valence-electron chi connectivity index (χ0n) is 11.1. The molecule has 20 heavy (non-hydrogen) atoms. The fourth-order valence-electron chi connectivity index (χ4n) is 1.91. The van der Waals surface area contributed by atoms with E-state index in [0.717, 1.165) is 12.8 Å². The Morgan fingerprint density at radius 3 is 2.75 bits per heavy atom. The molecule has 0 heterocycles. The van der Waals surface area contributed by atoms with Crippen LogP contribution in [0, 0.1) is 5.82 Å². The lowest BCUT2D eigenvalue weighted by Gasteiger charge is -2.21. The SMILES string of the molecule is CCOC(=O)CN(C(=O)c1cc(Br)ccc1F)C1CC1. The molecule has 1 amide bonds.